The van der Waals surface area contributed by atoms with E-state index in [4.69, 9.17) is 5.73 Å². The topological polar surface area (TPSA) is 46.3 Å². The first-order chi connectivity index (χ1) is 7.65. The third kappa shape index (κ3) is 1.69. The summed E-state index contributed by atoms with van der Waals surface area (Å²) in [5.74, 6) is -0.676. The molecule has 1 aliphatic rings. The molecular formula is C12H15FN2O. The fourth-order valence-corrected chi connectivity index (χ4v) is 2.00. The predicted molar refractivity (Wildman–Crippen MR) is 60.7 cm³/mol. The largest absolute Gasteiger partial charge is 0.330 e. The van der Waals surface area contributed by atoms with Crippen LogP contribution in [0.25, 0.3) is 0 Å². The van der Waals surface area contributed by atoms with E-state index in [0.717, 1.165) is 12.0 Å². The van der Waals surface area contributed by atoms with Crippen molar-refractivity contribution in [1.82, 2.24) is 0 Å². The van der Waals surface area contributed by atoms with Crippen LogP contribution >= 0.6 is 0 Å². The number of nitrogens with zero attached hydrogens (tertiary/aromatic N) is 1. The fraction of sp³-hybridized carbons (Fsp3) is 0.417. The van der Waals surface area contributed by atoms with Gasteiger partial charge >= 0.3 is 0 Å². The van der Waals surface area contributed by atoms with Gasteiger partial charge in [-0.15, -0.1) is 0 Å². The summed E-state index contributed by atoms with van der Waals surface area (Å²) in [6.45, 7) is 2.61. The zero-order valence-electron chi connectivity index (χ0n) is 9.24. The lowest BCUT2D eigenvalue weighted by Gasteiger charge is -2.21. The summed E-state index contributed by atoms with van der Waals surface area (Å²) in [7, 11) is 0. The molecule has 4 heteroatoms. The average molecular weight is 222 g/mol. The van der Waals surface area contributed by atoms with E-state index in [0.29, 0.717) is 18.8 Å². The second-order valence-corrected chi connectivity index (χ2v) is 4.12. The maximum Gasteiger partial charge on any atom is 0.231 e. The van der Waals surface area contributed by atoms with E-state index < -0.39 is 0 Å². The Kier molecular flexibility index (Phi) is 2.92. The SMILES string of the molecule is CC(CN)C(=O)N1CCc2cccc(F)c21. The van der Waals surface area contributed by atoms with Crippen LogP contribution in [0.2, 0.25) is 0 Å². The molecule has 16 heavy (non-hydrogen) atoms. The van der Waals surface area contributed by atoms with Gasteiger partial charge in [0, 0.05) is 19.0 Å². The molecule has 0 saturated heterocycles. The highest BCUT2D eigenvalue weighted by atomic mass is 19.1. The number of carbonyl (C=O) groups excluding carboxylic acids is 1. The number of benzene rings is 1. The quantitative estimate of drug-likeness (QED) is 0.820. The van der Waals surface area contributed by atoms with Crippen molar-refractivity contribution in [3.05, 3.63) is 29.6 Å². The van der Waals surface area contributed by atoms with E-state index in [-0.39, 0.29) is 17.6 Å². The molecule has 1 aromatic rings. The fourth-order valence-electron chi connectivity index (χ4n) is 2.00. The summed E-state index contributed by atoms with van der Waals surface area (Å²) in [5.41, 5.74) is 6.80. The van der Waals surface area contributed by atoms with E-state index in [9.17, 15) is 9.18 Å². The summed E-state index contributed by atoms with van der Waals surface area (Å²) < 4.78 is 13.6. The van der Waals surface area contributed by atoms with E-state index in [1.54, 1.807) is 13.0 Å². The number of amides is 1. The summed E-state index contributed by atoms with van der Waals surface area (Å²) in [6.07, 6.45) is 0.718. The van der Waals surface area contributed by atoms with Gasteiger partial charge in [-0.05, 0) is 18.1 Å². The van der Waals surface area contributed by atoms with Gasteiger partial charge in [-0.1, -0.05) is 19.1 Å². The highest BCUT2D eigenvalue weighted by molar-refractivity contribution is 5.97. The molecule has 1 aliphatic heterocycles. The lowest BCUT2D eigenvalue weighted by molar-refractivity contribution is -0.121. The van der Waals surface area contributed by atoms with Crippen LogP contribution in [-0.2, 0) is 11.2 Å². The van der Waals surface area contributed by atoms with E-state index in [2.05, 4.69) is 0 Å². The molecule has 0 radical (unpaired) electrons. The zero-order valence-corrected chi connectivity index (χ0v) is 9.24. The van der Waals surface area contributed by atoms with Crippen molar-refractivity contribution in [3.8, 4) is 0 Å². The summed E-state index contributed by atoms with van der Waals surface area (Å²) in [4.78, 5) is 13.5. The second-order valence-electron chi connectivity index (χ2n) is 4.12. The van der Waals surface area contributed by atoms with Crippen molar-refractivity contribution in [2.45, 2.75) is 13.3 Å². The number of carbonyl (C=O) groups is 1. The summed E-state index contributed by atoms with van der Waals surface area (Å²) >= 11 is 0. The van der Waals surface area contributed by atoms with Crippen LogP contribution in [0.5, 0.6) is 0 Å². The molecule has 0 aliphatic carbocycles. The van der Waals surface area contributed by atoms with Crippen molar-refractivity contribution in [2.75, 3.05) is 18.0 Å². The second kappa shape index (κ2) is 4.22. The summed E-state index contributed by atoms with van der Waals surface area (Å²) in [5, 5.41) is 0. The molecule has 0 bridgehead atoms. The Morgan fingerprint density at radius 2 is 2.38 bits per heavy atom. The molecule has 1 atom stereocenters. The van der Waals surface area contributed by atoms with Gasteiger partial charge in [-0.3, -0.25) is 4.79 Å². The minimum absolute atomic E-state index is 0.0913. The van der Waals surface area contributed by atoms with Gasteiger partial charge in [-0.2, -0.15) is 0 Å². The Labute approximate surface area is 94.0 Å². The molecule has 1 heterocycles. The highest BCUT2D eigenvalue weighted by Gasteiger charge is 2.29. The Balaban J connectivity index is 2.33. The van der Waals surface area contributed by atoms with Crippen LogP contribution in [0, 0.1) is 11.7 Å². The number of hydrogen-bond donors (Lipinski definition) is 1. The summed E-state index contributed by atoms with van der Waals surface area (Å²) in [6, 6.07) is 4.92. The first-order valence-electron chi connectivity index (χ1n) is 5.44. The highest BCUT2D eigenvalue weighted by Crippen LogP contribution is 2.31. The first kappa shape index (κ1) is 11.1. The Morgan fingerprint density at radius 1 is 1.62 bits per heavy atom. The maximum absolute atomic E-state index is 13.6. The number of para-hydroxylation sites is 1. The third-order valence-corrected chi connectivity index (χ3v) is 2.99. The van der Waals surface area contributed by atoms with Crippen molar-refractivity contribution in [2.24, 2.45) is 11.7 Å². The third-order valence-electron chi connectivity index (χ3n) is 2.99. The van der Waals surface area contributed by atoms with Crippen LogP contribution in [-0.4, -0.2) is 19.0 Å². The van der Waals surface area contributed by atoms with Gasteiger partial charge in [-0.25, -0.2) is 4.39 Å². The maximum atomic E-state index is 13.6. The number of fused-ring (bicyclic) bond motifs is 1. The molecule has 1 amide bonds. The monoisotopic (exact) mass is 222 g/mol. The Morgan fingerprint density at radius 3 is 3.06 bits per heavy atom. The molecule has 0 saturated carbocycles. The molecule has 86 valence electrons. The minimum Gasteiger partial charge on any atom is -0.330 e. The van der Waals surface area contributed by atoms with Crippen molar-refractivity contribution in [3.63, 3.8) is 0 Å². The molecule has 0 aromatic heterocycles. The number of nitrogens with two attached hydrogens (primary N) is 1. The normalized spacial score (nSPS) is 16.1. The van der Waals surface area contributed by atoms with Gasteiger partial charge in [0.25, 0.3) is 0 Å². The van der Waals surface area contributed by atoms with E-state index >= 15 is 0 Å². The molecule has 3 nitrogen and oxygen atoms in total. The van der Waals surface area contributed by atoms with Crippen LogP contribution in [0.1, 0.15) is 12.5 Å². The molecule has 0 spiro atoms. The van der Waals surface area contributed by atoms with Gasteiger partial charge < -0.3 is 10.6 Å². The standard InChI is InChI=1S/C12H15FN2O/c1-8(7-14)12(16)15-6-5-9-3-2-4-10(13)11(9)15/h2-4,8H,5-7,14H2,1H3. The first-order valence-corrected chi connectivity index (χ1v) is 5.44. The van der Waals surface area contributed by atoms with Crippen molar-refractivity contribution >= 4 is 11.6 Å². The van der Waals surface area contributed by atoms with Crippen LogP contribution in [0.15, 0.2) is 18.2 Å². The van der Waals surface area contributed by atoms with Crippen molar-refractivity contribution in [1.29, 1.82) is 0 Å². The van der Waals surface area contributed by atoms with Gasteiger partial charge in [0.2, 0.25) is 5.91 Å². The van der Waals surface area contributed by atoms with Gasteiger partial charge in [0.15, 0.2) is 0 Å². The number of rotatable bonds is 2. The molecule has 1 unspecified atom stereocenters. The molecular weight excluding hydrogens is 207 g/mol. The van der Waals surface area contributed by atoms with Crippen LogP contribution in [0.4, 0.5) is 10.1 Å². The number of anilines is 1. The smallest absolute Gasteiger partial charge is 0.231 e. The van der Waals surface area contributed by atoms with Gasteiger partial charge in [0.1, 0.15) is 5.82 Å². The van der Waals surface area contributed by atoms with E-state index in [1.807, 2.05) is 6.07 Å². The molecule has 2 rings (SSSR count). The van der Waals surface area contributed by atoms with Crippen LogP contribution in [0.3, 0.4) is 0 Å². The molecule has 2 N–H and O–H groups in total. The van der Waals surface area contributed by atoms with Gasteiger partial charge in [0.05, 0.1) is 5.69 Å². The van der Waals surface area contributed by atoms with Crippen LogP contribution < -0.4 is 10.6 Å². The van der Waals surface area contributed by atoms with Crippen molar-refractivity contribution < 1.29 is 9.18 Å². The lowest BCUT2D eigenvalue weighted by Crippen LogP contribution is -2.37. The molecule has 0 fully saturated rings. The zero-order chi connectivity index (χ0) is 11.7. The predicted octanol–water partition coefficient (Wildman–Crippen LogP) is 1.31. The lowest BCUT2D eigenvalue weighted by atomic mass is 10.1. The molecule has 1 aromatic carbocycles. The number of hydrogen-bond acceptors (Lipinski definition) is 2. The minimum atomic E-state index is -0.326. The van der Waals surface area contributed by atoms with E-state index in [1.165, 1.54) is 11.0 Å². The Bertz CT molecular complexity index is 419. The number of halogens is 1. The average Bonchev–Trinajstić information content (AvgIpc) is 2.72. The Hall–Kier alpha value is -1.42.